The minimum atomic E-state index is -0.584. The average Bonchev–Trinajstić information content (AvgIpc) is 2.97. The summed E-state index contributed by atoms with van der Waals surface area (Å²) in [6.45, 7) is 7.39. The van der Waals surface area contributed by atoms with Crippen LogP contribution in [0.5, 0.6) is 0 Å². The predicted octanol–water partition coefficient (Wildman–Crippen LogP) is 3.03. The normalized spacial score (nSPS) is 18.9. The molecule has 5 nitrogen and oxygen atoms in total. The number of likely N-dealkylation sites (tertiary alicyclic amines) is 1. The van der Waals surface area contributed by atoms with E-state index in [0.29, 0.717) is 5.69 Å². The highest BCUT2D eigenvalue weighted by Gasteiger charge is 2.38. The van der Waals surface area contributed by atoms with E-state index in [-0.39, 0.29) is 28.1 Å². The first-order valence-corrected chi connectivity index (χ1v) is 8.31. The lowest BCUT2D eigenvalue weighted by Crippen LogP contribution is -2.50. The molecule has 6 heteroatoms. The van der Waals surface area contributed by atoms with E-state index in [4.69, 9.17) is 17.3 Å². The van der Waals surface area contributed by atoms with Crippen LogP contribution in [0.3, 0.4) is 0 Å². The number of carbonyl (C=O) groups excluding carboxylic acids is 2. The highest BCUT2D eigenvalue weighted by molar-refractivity contribution is 6.34. The summed E-state index contributed by atoms with van der Waals surface area (Å²) >= 11 is 6.03. The van der Waals surface area contributed by atoms with Crippen molar-refractivity contribution >= 4 is 29.1 Å². The number of hydrogen-bond acceptors (Lipinski definition) is 3. The van der Waals surface area contributed by atoms with Crippen LogP contribution in [0, 0.1) is 0 Å². The predicted molar refractivity (Wildman–Crippen MR) is 92.7 cm³/mol. The average molecular weight is 338 g/mol. The van der Waals surface area contributed by atoms with E-state index in [9.17, 15) is 9.59 Å². The van der Waals surface area contributed by atoms with Crippen molar-refractivity contribution in [2.75, 3.05) is 11.9 Å². The molecular formula is C17H24ClN3O2. The zero-order valence-corrected chi connectivity index (χ0v) is 14.6. The van der Waals surface area contributed by atoms with Gasteiger partial charge in [-0.1, -0.05) is 18.5 Å². The Kier molecular flexibility index (Phi) is 5.32. The van der Waals surface area contributed by atoms with Gasteiger partial charge in [0.2, 0.25) is 11.8 Å². The number of carbonyl (C=O) groups is 2. The SMILES string of the molecule is CCC(C)(C)N1CCCC1C(=O)Nc1ccc(C(N)=O)c(Cl)c1. The molecule has 0 saturated carbocycles. The van der Waals surface area contributed by atoms with Crippen LogP contribution in [-0.4, -0.2) is 34.8 Å². The number of hydrogen-bond donors (Lipinski definition) is 2. The van der Waals surface area contributed by atoms with E-state index in [2.05, 4.69) is 31.0 Å². The number of primary amides is 1. The Morgan fingerprint density at radius 2 is 2.13 bits per heavy atom. The van der Waals surface area contributed by atoms with E-state index in [1.807, 2.05) is 0 Å². The molecule has 0 spiro atoms. The zero-order valence-electron chi connectivity index (χ0n) is 13.9. The van der Waals surface area contributed by atoms with Gasteiger partial charge in [0.05, 0.1) is 16.6 Å². The molecule has 1 heterocycles. The lowest BCUT2D eigenvalue weighted by atomic mass is 9.98. The zero-order chi connectivity index (χ0) is 17.2. The Morgan fingerprint density at radius 1 is 1.43 bits per heavy atom. The van der Waals surface area contributed by atoms with Gasteiger partial charge < -0.3 is 11.1 Å². The highest BCUT2D eigenvalue weighted by Crippen LogP contribution is 2.30. The second-order valence-electron chi connectivity index (χ2n) is 6.57. The minimum absolute atomic E-state index is 0.00796. The maximum atomic E-state index is 12.6. The monoisotopic (exact) mass is 337 g/mol. The Labute approximate surface area is 142 Å². The van der Waals surface area contributed by atoms with Crippen LogP contribution in [0.1, 0.15) is 50.4 Å². The molecule has 1 unspecified atom stereocenters. The maximum absolute atomic E-state index is 12.6. The number of rotatable bonds is 5. The number of benzene rings is 1. The Morgan fingerprint density at radius 3 is 2.70 bits per heavy atom. The highest BCUT2D eigenvalue weighted by atomic mass is 35.5. The van der Waals surface area contributed by atoms with Gasteiger partial charge in [-0.05, 0) is 57.9 Å². The Hall–Kier alpha value is -1.59. The maximum Gasteiger partial charge on any atom is 0.250 e. The van der Waals surface area contributed by atoms with Crippen LogP contribution in [-0.2, 0) is 4.79 Å². The first-order chi connectivity index (χ1) is 10.8. The quantitative estimate of drug-likeness (QED) is 0.867. The third-order valence-electron chi connectivity index (χ3n) is 4.70. The van der Waals surface area contributed by atoms with Gasteiger partial charge >= 0.3 is 0 Å². The van der Waals surface area contributed by atoms with E-state index in [0.717, 1.165) is 25.8 Å². The summed E-state index contributed by atoms with van der Waals surface area (Å²) in [5.41, 5.74) is 6.05. The molecule has 1 atom stereocenters. The Balaban J connectivity index is 2.12. The van der Waals surface area contributed by atoms with E-state index < -0.39 is 5.91 Å². The summed E-state index contributed by atoms with van der Waals surface area (Å²) in [6.07, 6.45) is 2.85. The number of anilines is 1. The fraction of sp³-hybridized carbons (Fsp3) is 0.529. The number of amides is 2. The van der Waals surface area contributed by atoms with Crippen molar-refractivity contribution in [3.05, 3.63) is 28.8 Å². The van der Waals surface area contributed by atoms with Gasteiger partial charge in [-0.2, -0.15) is 0 Å². The molecule has 1 aliphatic rings. The number of nitrogens with two attached hydrogens (primary N) is 1. The lowest BCUT2D eigenvalue weighted by molar-refractivity contribution is -0.122. The smallest absolute Gasteiger partial charge is 0.250 e. The molecular weight excluding hydrogens is 314 g/mol. The van der Waals surface area contributed by atoms with Crippen LogP contribution in [0.2, 0.25) is 5.02 Å². The van der Waals surface area contributed by atoms with Gasteiger partial charge in [-0.3, -0.25) is 14.5 Å². The molecule has 0 aliphatic carbocycles. The molecule has 3 N–H and O–H groups in total. The van der Waals surface area contributed by atoms with Crippen LogP contribution in [0.4, 0.5) is 5.69 Å². The van der Waals surface area contributed by atoms with Crippen molar-refractivity contribution in [1.29, 1.82) is 0 Å². The molecule has 2 rings (SSSR count). The van der Waals surface area contributed by atoms with Gasteiger partial charge in [0.15, 0.2) is 0 Å². The van der Waals surface area contributed by atoms with Gasteiger partial charge in [0.25, 0.3) is 0 Å². The van der Waals surface area contributed by atoms with Crippen molar-refractivity contribution < 1.29 is 9.59 Å². The summed E-state index contributed by atoms with van der Waals surface area (Å²) in [6, 6.07) is 4.60. The van der Waals surface area contributed by atoms with Crippen molar-refractivity contribution in [2.24, 2.45) is 5.73 Å². The molecule has 1 aromatic rings. The van der Waals surface area contributed by atoms with Crippen LogP contribution >= 0.6 is 11.6 Å². The third kappa shape index (κ3) is 3.85. The third-order valence-corrected chi connectivity index (χ3v) is 5.01. The topological polar surface area (TPSA) is 75.4 Å². The number of nitrogens with zero attached hydrogens (tertiary/aromatic N) is 1. The molecule has 0 radical (unpaired) electrons. The second-order valence-corrected chi connectivity index (χ2v) is 6.97. The van der Waals surface area contributed by atoms with Crippen molar-refractivity contribution in [3.8, 4) is 0 Å². The first kappa shape index (κ1) is 17.8. The summed E-state index contributed by atoms with van der Waals surface area (Å²) in [4.78, 5) is 26.1. The standard InChI is InChI=1S/C17H24ClN3O2/c1-4-17(2,3)21-9-5-6-14(21)16(23)20-11-7-8-12(15(19)22)13(18)10-11/h7-8,10,14H,4-6,9H2,1-3H3,(H2,19,22)(H,20,23). The largest absolute Gasteiger partial charge is 0.366 e. The molecule has 2 amide bonds. The van der Waals surface area contributed by atoms with Crippen molar-refractivity contribution in [1.82, 2.24) is 4.90 Å². The summed E-state index contributed by atoms with van der Waals surface area (Å²) in [5.74, 6) is -0.619. The fourth-order valence-electron chi connectivity index (χ4n) is 2.99. The van der Waals surface area contributed by atoms with Gasteiger partial charge in [0.1, 0.15) is 0 Å². The summed E-state index contributed by atoms with van der Waals surface area (Å²) < 4.78 is 0. The van der Waals surface area contributed by atoms with Crippen molar-refractivity contribution in [2.45, 2.75) is 51.6 Å². The number of nitrogens with one attached hydrogen (secondary N) is 1. The second kappa shape index (κ2) is 6.89. The molecule has 0 aromatic heterocycles. The molecule has 1 saturated heterocycles. The molecule has 126 valence electrons. The van der Waals surface area contributed by atoms with Gasteiger partial charge in [0, 0.05) is 11.2 Å². The minimum Gasteiger partial charge on any atom is -0.366 e. The van der Waals surface area contributed by atoms with Gasteiger partial charge in [-0.15, -0.1) is 0 Å². The molecule has 1 fully saturated rings. The fourth-order valence-corrected chi connectivity index (χ4v) is 3.26. The molecule has 1 aromatic carbocycles. The van der Waals surface area contributed by atoms with Gasteiger partial charge in [-0.25, -0.2) is 0 Å². The lowest BCUT2D eigenvalue weighted by Gasteiger charge is -2.38. The van der Waals surface area contributed by atoms with Crippen LogP contribution in [0.25, 0.3) is 0 Å². The summed E-state index contributed by atoms with van der Waals surface area (Å²) in [5, 5.41) is 3.14. The molecule has 0 bridgehead atoms. The van der Waals surface area contributed by atoms with E-state index >= 15 is 0 Å². The first-order valence-electron chi connectivity index (χ1n) is 7.93. The molecule has 1 aliphatic heterocycles. The van der Waals surface area contributed by atoms with Crippen LogP contribution < -0.4 is 11.1 Å². The van der Waals surface area contributed by atoms with Crippen LogP contribution in [0.15, 0.2) is 18.2 Å². The van der Waals surface area contributed by atoms with Crippen molar-refractivity contribution in [3.63, 3.8) is 0 Å². The molecule has 23 heavy (non-hydrogen) atoms. The van der Waals surface area contributed by atoms with E-state index in [1.165, 1.54) is 6.07 Å². The Bertz CT molecular complexity index is 616. The number of halogens is 1. The van der Waals surface area contributed by atoms with E-state index in [1.54, 1.807) is 12.1 Å². The summed E-state index contributed by atoms with van der Waals surface area (Å²) in [7, 11) is 0.